The van der Waals surface area contributed by atoms with Crippen LogP contribution in [-0.2, 0) is 0 Å². The third-order valence-electron chi connectivity index (χ3n) is 4.88. The molecule has 0 atom stereocenters. The Morgan fingerprint density at radius 2 is 1.73 bits per heavy atom. The van der Waals surface area contributed by atoms with Crippen molar-refractivity contribution in [1.29, 1.82) is 0 Å². The fraction of sp³-hybridized carbons (Fsp3) is 0.0435. The molecule has 0 saturated heterocycles. The molecule has 2 aromatic carbocycles. The molecule has 0 fully saturated rings. The van der Waals surface area contributed by atoms with Crippen LogP contribution in [-0.4, -0.2) is 19.1 Å². The summed E-state index contributed by atoms with van der Waals surface area (Å²) in [4.78, 5) is 9.00. The predicted molar refractivity (Wildman–Crippen MR) is 126 cm³/mol. The summed E-state index contributed by atoms with van der Waals surface area (Å²) in [6.07, 6.45) is 7.81. The molecule has 0 aliphatic rings. The molecule has 0 saturated carbocycles. The molecule has 0 aliphatic carbocycles. The van der Waals surface area contributed by atoms with Gasteiger partial charge in [-0.25, -0.2) is 9.97 Å². The van der Waals surface area contributed by atoms with Crippen molar-refractivity contribution in [3.05, 3.63) is 95.1 Å². The van der Waals surface area contributed by atoms with E-state index in [1.165, 1.54) is 5.56 Å². The lowest BCUT2D eigenvalue weighted by Crippen LogP contribution is -1.96. The number of halogens is 1. The molecule has 30 heavy (non-hydrogen) atoms. The highest BCUT2D eigenvalue weighted by Gasteiger charge is 2.08. The van der Waals surface area contributed by atoms with E-state index in [4.69, 9.17) is 4.98 Å². The summed E-state index contributed by atoms with van der Waals surface area (Å²) in [6.45, 7) is 2.10. The maximum absolute atomic E-state index is 4.79. The highest BCUT2D eigenvalue weighted by molar-refractivity contribution is 9.10. The van der Waals surface area contributed by atoms with Crippen molar-refractivity contribution >= 4 is 38.1 Å². The third kappa shape index (κ3) is 3.81. The van der Waals surface area contributed by atoms with Gasteiger partial charge in [0, 0.05) is 46.6 Å². The Bertz CT molecular complexity index is 1290. The van der Waals surface area contributed by atoms with Crippen molar-refractivity contribution < 1.29 is 0 Å². The molecule has 0 radical (unpaired) electrons. The van der Waals surface area contributed by atoms with Gasteiger partial charge in [-0.2, -0.15) is 0 Å². The second-order valence-electron chi connectivity index (χ2n) is 6.90. The number of nitrogens with zero attached hydrogens (tertiary/aromatic N) is 4. The van der Waals surface area contributed by atoms with Crippen LogP contribution in [0.4, 0.5) is 10.8 Å². The first-order chi connectivity index (χ1) is 14.7. The Morgan fingerprint density at radius 3 is 2.47 bits per heavy atom. The summed E-state index contributed by atoms with van der Waals surface area (Å²) in [7, 11) is 0. The van der Waals surface area contributed by atoms with Crippen LogP contribution in [0.5, 0.6) is 0 Å². The zero-order chi connectivity index (χ0) is 20.5. The fourth-order valence-corrected chi connectivity index (χ4v) is 4.28. The molecule has 0 spiro atoms. The van der Waals surface area contributed by atoms with Gasteiger partial charge in [-0.3, -0.25) is 0 Å². The number of hydrogen-bond acceptors (Lipinski definition) is 4. The summed E-state index contributed by atoms with van der Waals surface area (Å²) in [5.41, 5.74) is 6.45. The maximum atomic E-state index is 4.79. The molecule has 0 unspecified atom stereocenters. The molecule has 3 aromatic heterocycles. The zero-order valence-electron chi connectivity index (χ0n) is 16.2. The van der Waals surface area contributed by atoms with Crippen molar-refractivity contribution in [3.63, 3.8) is 0 Å². The first-order valence-electron chi connectivity index (χ1n) is 9.42. The molecule has 7 heteroatoms. The quantitative estimate of drug-likeness (QED) is 0.311. The number of nitrogens with one attached hydrogen (secondary N) is 1. The first kappa shape index (κ1) is 18.8. The lowest BCUT2D eigenvalue weighted by molar-refractivity contribution is 1.06. The van der Waals surface area contributed by atoms with Gasteiger partial charge in [0.2, 0.25) is 0 Å². The monoisotopic (exact) mass is 475 g/mol. The van der Waals surface area contributed by atoms with Gasteiger partial charge in [-0.15, -0.1) is 11.3 Å². The smallest absolute Gasteiger partial charge is 0.187 e. The van der Waals surface area contributed by atoms with Crippen molar-refractivity contribution in [1.82, 2.24) is 19.1 Å². The van der Waals surface area contributed by atoms with E-state index in [1.54, 1.807) is 17.7 Å². The summed E-state index contributed by atoms with van der Waals surface area (Å²) < 4.78 is 4.89. The van der Waals surface area contributed by atoms with Crippen molar-refractivity contribution in [2.24, 2.45) is 0 Å². The van der Waals surface area contributed by atoms with Gasteiger partial charge < -0.3 is 14.5 Å². The van der Waals surface area contributed by atoms with Gasteiger partial charge >= 0.3 is 0 Å². The van der Waals surface area contributed by atoms with E-state index in [0.717, 1.165) is 38.1 Å². The van der Waals surface area contributed by atoms with Crippen LogP contribution in [0, 0.1) is 6.92 Å². The number of thiazole rings is 1. The highest BCUT2D eigenvalue weighted by Crippen LogP contribution is 2.30. The van der Waals surface area contributed by atoms with Crippen LogP contribution >= 0.6 is 27.3 Å². The van der Waals surface area contributed by atoms with E-state index in [9.17, 15) is 0 Å². The van der Waals surface area contributed by atoms with Gasteiger partial charge in [0.1, 0.15) is 10.9 Å². The molecule has 1 N–H and O–H groups in total. The third-order valence-corrected chi connectivity index (χ3v) is 6.05. The molecular formula is C23H18BrN5S. The average Bonchev–Trinajstić information content (AvgIpc) is 3.52. The minimum absolute atomic E-state index is 0.818. The van der Waals surface area contributed by atoms with Crippen LogP contribution < -0.4 is 5.32 Å². The van der Waals surface area contributed by atoms with E-state index in [0.29, 0.717) is 0 Å². The van der Waals surface area contributed by atoms with Gasteiger partial charge in [0.15, 0.2) is 5.13 Å². The Labute approximate surface area is 186 Å². The number of aryl methyl sites for hydroxylation is 1. The summed E-state index contributed by atoms with van der Waals surface area (Å²) in [5.74, 6) is 0. The van der Waals surface area contributed by atoms with Crippen LogP contribution in [0.1, 0.15) is 5.56 Å². The standard InChI is InChI=1S/C23H18BrN5S/c1-16-4-7-19(28-10-2-3-11-28)12-20(16)26-23-27-21(14-30-23)17-5-8-18(9-6-17)29-13-22(24)25-15-29/h2-15H,1H3,(H,26,27). The maximum Gasteiger partial charge on any atom is 0.187 e. The minimum atomic E-state index is 0.818. The van der Waals surface area contributed by atoms with Gasteiger partial charge in [0.25, 0.3) is 0 Å². The van der Waals surface area contributed by atoms with Crippen molar-refractivity contribution in [2.75, 3.05) is 5.32 Å². The summed E-state index contributed by atoms with van der Waals surface area (Å²) >= 11 is 4.99. The molecule has 0 bridgehead atoms. The van der Waals surface area contributed by atoms with E-state index in [-0.39, 0.29) is 0 Å². The van der Waals surface area contributed by atoms with Crippen molar-refractivity contribution in [3.8, 4) is 22.6 Å². The van der Waals surface area contributed by atoms with Crippen LogP contribution in [0.3, 0.4) is 0 Å². The largest absolute Gasteiger partial charge is 0.331 e. The molecule has 5 nitrogen and oxygen atoms in total. The van der Waals surface area contributed by atoms with Crippen molar-refractivity contribution in [2.45, 2.75) is 6.92 Å². The number of benzene rings is 2. The number of rotatable bonds is 5. The first-order valence-corrected chi connectivity index (χ1v) is 11.1. The van der Waals surface area contributed by atoms with Gasteiger partial charge in [-0.05, 0) is 64.8 Å². The second kappa shape index (κ2) is 7.93. The summed E-state index contributed by atoms with van der Waals surface area (Å²) in [6, 6.07) is 18.7. The normalized spacial score (nSPS) is 11.0. The Kier molecular flexibility index (Phi) is 4.98. The Morgan fingerprint density at radius 1 is 0.967 bits per heavy atom. The Balaban J connectivity index is 1.37. The molecule has 0 aliphatic heterocycles. The predicted octanol–water partition coefficient (Wildman–Crippen LogP) is 6.60. The zero-order valence-corrected chi connectivity index (χ0v) is 18.6. The SMILES string of the molecule is Cc1ccc(-n2cccc2)cc1Nc1nc(-c2ccc(-n3cnc(Br)c3)cc2)cs1. The fourth-order valence-electron chi connectivity index (χ4n) is 3.24. The number of anilines is 2. The molecule has 5 aromatic rings. The van der Waals surface area contributed by atoms with Crippen LogP contribution in [0.25, 0.3) is 22.6 Å². The second-order valence-corrected chi connectivity index (χ2v) is 8.57. The van der Waals surface area contributed by atoms with Gasteiger partial charge in [-0.1, -0.05) is 18.2 Å². The number of hydrogen-bond donors (Lipinski definition) is 1. The van der Waals surface area contributed by atoms with Gasteiger partial charge in [0.05, 0.1) is 5.69 Å². The van der Waals surface area contributed by atoms with Crippen LogP contribution in [0.2, 0.25) is 0 Å². The average molecular weight is 476 g/mol. The molecule has 3 heterocycles. The highest BCUT2D eigenvalue weighted by atomic mass is 79.9. The molecule has 5 rings (SSSR count). The van der Waals surface area contributed by atoms with E-state index >= 15 is 0 Å². The lowest BCUT2D eigenvalue weighted by atomic mass is 10.1. The number of imidazole rings is 1. The molecule has 148 valence electrons. The molecule has 0 amide bonds. The van der Waals surface area contributed by atoms with E-state index in [1.807, 2.05) is 35.3 Å². The van der Waals surface area contributed by atoms with E-state index < -0.39 is 0 Å². The van der Waals surface area contributed by atoms with E-state index in [2.05, 4.69) is 85.6 Å². The minimum Gasteiger partial charge on any atom is -0.331 e. The molecular weight excluding hydrogens is 458 g/mol. The Hall–Kier alpha value is -3.16. The number of aromatic nitrogens is 4. The lowest BCUT2D eigenvalue weighted by Gasteiger charge is -2.10. The summed E-state index contributed by atoms with van der Waals surface area (Å²) in [5, 5.41) is 6.44. The van der Waals surface area contributed by atoms with Crippen LogP contribution in [0.15, 0.2) is 89.5 Å². The topological polar surface area (TPSA) is 47.7 Å².